The maximum Gasteiger partial charge on any atom is 0.123 e. The van der Waals surface area contributed by atoms with E-state index in [9.17, 15) is 0 Å². The van der Waals surface area contributed by atoms with Gasteiger partial charge in [-0.05, 0) is 44.0 Å². The minimum absolute atomic E-state index is 0.0389. The SMILES string of the molecule is Cc1cc2nc([C@@H](C)N)[nH]c2cc1C. The van der Waals surface area contributed by atoms with Crippen molar-refractivity contribution in [3.8, 4) is 0 Å². The Hall–Kier alpha value is -1.35. The number of nitrogens with one attached hydrogen (secondary N) is 1. The molecule has 0 fully saturated rings. The van der Waals surface area contributed by atoms with E-state index >= 15 is 0 Å². The van der Waals surface area contributed by atoms with E-state index in [0.717, 1.165) is 16.9 Å². The fourth-order valence-corrected chi connectivity index (χ4v) is 1.50. The summed E-state index contributed by atoms with van der Waals surface area (Å²) in [6, 6.07) is 4.17. The fraction of sp³-hybridized carbons (Fsp3) is 0.364. The third kappa shape index (κ3) is 1.40. The number of hydrogen-bond donors (Lipinski definition) is 2. The highest BCUT2D eigenvalue weighted by Crippen LogP contribution is 2.18. The zero-order chi connectivity index (χ0) is 10.3. The molecule has 0 spiro atoms. The zero-order valence-corrected chi connectivity index (χ0v) is 8.76. The minimum Gasteiger partial charge on any atom is -0.341 e. The summed E-state index contributed by atoms with van der Waals surface area (Å²) in [7, 11) is 0. The lowest BCUT2D eigenvalue weighted by atomic mass is 10.1. The van der Waals surface area contributed by atoms with Gasteiger partial charge in [0.15, 0.2) is 0 Å². The quantitative estimate of drug-likeness (QED) is 0.722. The van der Waals surface area contributed by atoms with Crippen molar-refractivity contribution in [3.63, 3.8) is 0 Å². The standard InChI is InChI=1S/C11H15N3/c1-6-4-9-10(5-7(6)2)14-11(13-9)8(3)12/h4-5,8H,12H2,1-3H3,(H,13,14)/t8-/m1/s1. The molecule has 0 aliphatic heterocycles. The third-order valence-electron chi connectivity index (χ3n) is 2.55. The molecule has 0 bridgehead atoms. The summed E-state index contributed by atoms with van der Waals surface area (Å²) in [4.78, 5) is 7.66. The number of aromatic nitrogens is 2. The third-order valence-corrected chi connectivity index (χ3v) is 2.55. The van der Waals surface area contributed by atoms with E-state index in [-0.39, 0.29) is 6.04 Å². The predicted octanol–water partition coefficient (Wildman–Crippen LogP) is 2.20. The Morgan fingerprint density at radius 1 is 1.29 bits per heavy atom. The van der Waals surface area contributed by atoms with Crippen LogP contribution in [0.5, 0.6) is 0 Å². The van der Waals surface area contributed by atoms with E-state index in [1.54, 1.807) is 0 Å². The van der Waals surface area contributed by atoms with Crippen molar-refractivity contribution in [3.05, 3.63) is 29.1 Å². The highest BCUT2D eigenvalue weighted by Gasteiger charge is 2.07. The molecule has 1 aromatic carbocycles. The Morgan fingerprint density at radius 3 is 2.57 bits per heavy atom. The molecule has 1 heterocycles. The molecular weight excluding hydrogens is 174 g/mol. The van der Waals surface area contributed by atoms with E-state index in [1.807, 2.05) is 6.92 Å². The molecule has 0 saturated carbocycles. The Labute approximate surface area is 83.3 Å². The smallest absolute Gasteiger partial charge is 0.123 e. The molecule has 1 aromatic heterocycles. The number of nitrogens with two attached hydrogens (primary N) is 1. The van der Waals surface area contributed by atoms with E-state index < -0.39 is 0 Å². The van der Waals surface area contributed by atoms with E-state index in [1.165, 1.54) is 11.1 Å². The van der Waals surface area contributed by atoms with Crippen LogP contribution < -0.4 is 5.73 Å². The monoisotopic (exact) mass is 189 g/mol. The van der Waals surface area contributed by atoms with Crippen LogP contribution in [0.3, 0.4) is 0 Å². The van der Waals surface area contributed by atoms with Crippen LogP contribution in [0.2, 0.25) is 0 Å². The number of fused-ring (bicyclic) bond motifs is 1. The average molecular weight is 189 g/mol. The first kappa shape index (κ1) is 9.21. The van der Waals surface area contributed by atoms with Gasteiger partial charge in [0, 0.05) is 0 Å². The number of nitrogens with zero attached hydrogens (tertiary/aromatic N) is 1. The number of rotatable bonds is 1. The second-order valence-electron chi connectivity index (χ2n) is 3.86. The molecule has 3 N–H and O–H groups in total. The van der Waals surface area contributed by atoms with Crippen molar-refractivity contribution in [2.75, 3.05) is 0 Å². The largest absolute Gasteiger partial charge is 0.341 e. The summed E-state index contributed by atoms with van der Waals surface area (Å²) in [5.74, 6) is 0.852. The van der Waals surface area contributed by atoms with Crippen LogP contribution in [0.15, 0.2) is 12.1 Å². The molecule has 74 valence electrons. The van der Waals surface area contributed by atoms with Crippen molar-refractivity contribution >= 4 is 11.0 Å². The summed E-state index contributed by atoms with van der Waals surface area (Å²) in [6.07, 6.45) is 0. The van der Waals surface area contributed by atoms with Gasteiger partial charge in [0.05, 0.1) is 17.1 Å². The highest BCUT2D eigenvalue weighted by atomic mass is 15.0. The average Bonchev–Trinajstić information content (AvgIpc) is 2.48. The van der Waals surface area contributed by atoms with Gasteiger partial charge in [-0.15, -0.1) is 0 Å². The molecule has 2 aromatic rings. The number of benzene rings is 1. The van der Waals surface area contributed by atoms with Crippen LogP contribution in [-0.4, -0.2) is 9.97 Å². The molecule has 3 heteroatoms. The fourth-order valence-electron chi connectivity index (χ4n) is 1.50. The van der Waals surface area contributed by atoms with Crippen LogP contribution in [0.1, 0.15) is 29.9 Å². The minimum atomic E-state index is -0.0389. The lowest BCUT2D eigenvalue weighted by Crippen LogP contribution is -2.06. The molecule has 3 nitrogen and oxygen atoms in total. The molecule has 1 atom stereocenters. The maximum absolute atomic E-state index is 5.76. The first-order chi connectivity index (χ1) is 6.58. The summed E-state index contributed by atoms with van der Waals surface area (Å²) >= 11 is 0. The summed E-state index contributed by atoms with van der Waals surface area (Å²) in [5, 5.41) is 0. The normalized spacial score (nSPS) is 13.4. The molecular formula is C11H15N3. The molecule has 2 rings (SSSR count). The number of aryl methyl sites for hydroxylation is 2. The van der Waals surface area contributed by atoms with Crippen molar-refractivity contribution < 1.29 is 0 Å². The van der Waals surface area contributed by atoms with Gasteiger partial charge in [-0.1, -0.05) is 0 Å². The molecule has 0 aliphatic carbocycles. The second kappa shape index (κ2) is 3.10. The van der Waals surface area contributed by atoms with Gasteiger partial charge in [0.1, 0.15) is 5.82 Å². The number of H-pyrrole nitrogens is 1. The number of aromatic amines is 1. The van der Waals surface area contributed by atoms with Gasteiger partial charge < -0.3 is 10.7 Å². The van der Waals surface area contributed by atoms with E-state index in [0.29, 0.717) is 0 Å². The molecule has 0 radical (unpaired) electrons. The van der Waals surface area contributed by atoms with E-state index in [2.05, 4.69) is 35.9 Å². The van der Waals surface area contributed by atoms with Crippen molar-refractivity contribution in [1.82, 2.24) is 9.97 Å². The van der Waals surface area contributed by atoms with Crippen molar-refractivity contribution in [1.29, 1.82) is 0 Å². The maximum atomic E-state index is 5.76. The summed E-state index contributed by atoms with van der Waals surface area (Å²) in [5.41, 5.74) is 10.4. The summed E-state index contributed by atoms with van der Waals surface area (Å²) in [6.45, 7) is 6.12. The van der Waals surface area contributed by atoms with Crippen LogP contribution in [0.4, 0.5) is 0 Å². The lowest BCUT2D eigenvalue weighted by Gasteiger charge is -1.97. The molecule has 0 saturated heterocycles. The molecule has 0 unspecified atom stereocenters. The van der Waals surface area contributed by atoms with Gasteiger partial charge in [0.25, 0.3) is 0 Å². The van der Waals surface area contributed by atoms with Crippen molar-refractivity contribution in [2.24, 2.45) is 5.73 Å². The predicted molar refractivity (Wildman–Crippen MR) is 58.2 cm³/mol. The zero-order valence-electron chi connectivity index (χ0n) is 8.76. The number of imidazole rings is 1. The first-order valence-electron chi connectivity index (χ1n) is 4.80. The van der Waals surface area contributed by atoms with E-state index in [4.69, 9.17) is 5.73 Å². The summed E-state index contributed by atoms with van der Waals surface area (Å²) < 4.78 is 0. The molecule has 0 aliphatic rings. The van der Waals surface area contributed by atoms with Crippen LogP contribution in [0, 0.1) is 13.8 Å². The Bertz CT molecular complexity index is 430. The Kier molecular flexibility index (Phi) is 2.04. The van der Waals surface area contributed by atoms with Crippen LogP contribution >= 0.6 is 0 Å². The number of hydrogen-bond acceptors (Lipinski definition) is 2. The lowest BCUT2D eigenvalue weighted by molar-refractivity contribution is 0.760. The van der Waals surface area contributed by atoms with Gasteiger partial charge in [-0.2, -0.15) is 0 Å². The Morgan fingerprint density at radius 2 is 1.93 bits per heavy atom. The van der Waals surface area contributed by atoms with Gasteiger partial charge in [0.2, 0.25) is 0 Å². The first-order valence-corrected chi connectivity index (χ1v) is 4.80. The van der Waals surface area contributed by atoms with Crippen LogP contribution in [0.25, 0.3) is 11.0 Å². The molecule has 14 heavy (non-hydrogen) atoms. The highest BCUT2D eigenvalue weighted by molar-refractivity contribution is 5.77. The molecule has 0 amide bonds. The topological polar surface area (TPSA) is 54.7 Å². The Balaban J connectivity index is 2.66. The van der Waals surface area contributed by atoms with Gasteiger partial charge >= 0.3 is 0 Å². The van der Waals surface area contributed by atoms with Gasteiger partial charge in [-0.3, -0.25) is 0 Å². The second-order valence-corrected chi connectivity index (χ2v) is 3.86. The van der Waals surface area contributed by atoms with Gasteiger partial charge in [-0.25, -0.2) is 4.98 Å². The van der Waals surface area contributed by atoms with Crippen LogP contribution in [-0.2, 0) is 0 Å². The van der Waals surface area contributed by atoms with Crippen molar-refractivity contribution in [2.45, 2.75) is 26.8 Å².